The third kappa shape index (κ3) is 4.37. The highest BCUT2D eigenvalue weighted by Gasteiger charge is 2.05. The predicted octanol–water partition coefficient (Wildman–Crippen LogP) is 1.86. The summed E-state index contributed by atoms with van der Waals surface area (Å²) in [5.74, 6) is 0.996. The summed E-state index contributed by atoms with van der Waals surface area (Å²) in [5, 5.41) is 12.5. The van der Waals surface area contributed by atoms with Gasteiger partial charge < -0.3 is 15.0 Å². The Balaban J connectivity index is 2.44. The Morgan fingerprint density at radius 1 is 1.38 bits per heavy atom. The molecule has 1 atom stereocenters. The van der Waals surface area contributed by atoms with Crippen molar-refractivity contribution in [2.75, 3.05) is 13.2 Å². The summed E-state index contributed by atoms with van der Waals surface area (Å²) in [6.07, 6.45) is 2.08. The van der Waals surface area contributed by atoms with Crippen LogP contribution in [-0.4, -0.2) is 22.8 Å². The molecule has 1 unspecified atom stereocenters. The fourth-order valence-electron chi connectivity index (χ4n) is 1.67. The van der Waals surface area contributed by atoms with Crippen molar-refractivity contribution in [1.82, 2.24) is 9.88 Å². The zero-order chi connectivity index (χ0) is 12.0. The fourth-order valence-corrected chi connectivity index (χ4v) is 1.67. The molecule has 3 heteroatoms. The number of aliphatic hydroxyl groups excluding tert-OH is 1. The molecule has 1 heterocycles. The van der Waals surface area contributed by atoms with Crippen LogP contribution in [0.1, 0.15) is 26.5 Å². The molecule has 1 aromatic heterocycles. The first-order valence-corrected chi connectivity index (χ1v) is 6.09. The van der Waals surface area contributed by atoms with Gasteiger partial charge >= 0.3 is 0 Å². The Kier molecular flexibility index (Phi) is 5.56. The lowest BCUT2D eigenvalue weighted by Crippen LogP contribution is -2.22. The number of hydrogen-bond donors (Lipinski definition) is 2. The average Bonchev–Trinajstić information content (AvgIpc) is 2.65. The Bertz CT molecular complexity index is 294. The molecule has 0 aliphatic carbocycles. The molecule has 0 fully saturated rings. The fraction of sp³-hybridized carbons (Fsp3) is 0.692. The summed E-state index contributed by atoms with van der Waals surface area (Å²) in [6.45, 7) is 9.56. The van der Waals surface area contributed by atoms with E-state index in [-0.39, 0.29) is 6.61 Å². The minimum atomic E-state index is 0.247. The number of hydrogen-bond acceptors (Lipinski definition) is 2. The van der Waals surface area contributed by atoms with Gasteiger partial charge in [0.15, 0.2) is 0 Å². The molecule has 1 aromatic rings. The Hall–Kier alpha value is -0.800. The standard InChI is InChI=1S/C13H24N2O/c1-11(2)7-14-8-13-5-4-6-15(13)9-12(3)10-16/h4-6,11-12,14,16H,7-10H2,1-3H3. The molecule has 0 amide bonds. The highest BCUT2D eigenvalue weighted by molar-refractivity contribution is 5.07. The second kappa shape index (κ2) is 6.71. The Morgan fingerprint density at radius 3 is 2.75 bits per heavy atom. The molecule has 0 spiro atoms. The topological polar surface area (TPSA) is 37.2 Å². The molecule has 16 heavy (non-hydrogen) atoms. The van der Waals surface area contributed by atoms with Crippen molar-refractivity contribution in [2.24, 2.45) is 11.8 Å². The van der Waals surface area contributed by atoms with E-state index in [4.69, 9.17) is 5.11 Å². The Morgan fingerprint density at radius 2 is 2.12 bits per heavy atom. The monoisotopic (exact) mass is 224 g/mol. The number of nitrogens with zero attached hydrogens (tertiary/aromatic N) is 1. The van der Waals surface area contributed by atoms with Crippen LogP contribution >= 0.6 is 0 Å². The van der Waals surface area contributed by atoms with Gasteiger partial charge in [0.25, 0.3) is 0 Å². The zero-order valence-corrected chi connectivity index (χ0v) is 10.6. The maximum absolute atomic E-state index is 9.04. The van der Waals surface area contributed by atoms with E-state index < -0.39 is 0 Å². The first kappa shape index (κ1) is 13.3. The van der Waals surface area contributed by atoms with Crippen molar-refractivity contribution in [3.63, 3.8) is 0 Å². The van der Waals surface area contributed by atoms with Crippen LogP contribution in [0.2, 0.25) is 0 Å². The molecular weight excluding hydrogens is 200 g/mol. The summed E-state index contributed by atoms with van der Waals surface area (Å²) in [4.78, 5) is 0. The van der Waals surface area contributed by atoms with Crippen LogP contribution in [0.3, 0.4) is 0 Å². The Labute approximate surface area is 98.5 Å². The zero-order valence-electron chi connectivity index (χ0n) is 10.6. The maximum atomic E-state index is 9.04. The summed E-state index contributed by atoms with van der Waals surface area (Å²) in [7, 11) is 0. The van der Waals surface area contributed by atoms with Gasteiger partial charge in [-0.2, -0.15) is 0 Å². The van der Waals surface area contributed by atoms with Gasteiger partial charge in [-0.3, -0.25) is 0 Å². The van der Waals surface area contributed by atoms with Crippen LogP contribution in [0, 0.1) is 11.8 Å². The van der Waals surface area contributed by atoms with Crippen molar-refractivity contribution in [1.29, 1.82) is 0 Å². The number of rotatable bonds is 7. The van der Waals surface area contributed by atoms with E-state index in [9.17, 15) is 0 Å². The van der Waals surface area contributed by atoms with E-state index in [0.29, 0.717) is 11.8 Å². The molecule has 2 N–H and O–H groups in total. The lowest BCUT2D eigenvalue weighted by molar-refractivity contribution is 0.222. The van der Waals surface area contributed by atoms with E-state index in [1.165, 1.54) is 5.69 Å². The van der Waals surface area contributed by atoms with E-state index in [2.05, 4.69) is 49.0 Å². The number of aromatic nitrogens is 1. The smallest absolute Gasteiger partial charge is 0.0473 e. The largest absolute Gasteiger partial charge is 0.396 e. The highest BCUT2D eigenvalue weighted by atomic mass is 16.3. The van der Waals surface area contributed by atoms with Crippen LogP contribution in [-0.2, 0) is 13.1 Å². The summed E-state index contributed by atoms with van der Waals surface area (Å²) >= 11 is 0. The molecule has 0 aliphatic heterocycles. The third-order valence-corrected chi connectivity index (χ3v) is 2.60. The normalized spacial score (nSPS) is 13.3. The predicted molar refractivity (Wildman–Crippen MR) is 67.2 cm³/mol. The molecule has 0 saturated carbocycles. The minimum Gasteiger partial charge on any atom is -0.396 e. The highest BCUT2D eigenvalue weighted by Crippen LogP contribution is 2.06. The lowest BCUT2D eigenvalue weighted by atomic mass is 10.2. The second-order valence-corrected chi connectivity index (χ2v) is 4.96. The van der Waals surface area contributed by atoms with E-state index >= 15 is 0 Å². The van der Waals surface area contributed by atoms with Crippen LogP contribution < -0.4 is 5.32 Å². The molecule has 3 nitrogen and oxygen atoms in total. The van der Waals surface area contributed by atoms with Crippen molar-refractivity contribution < 1.29 is 5.11 Å². The molecule has 0 aliphatic rings. The van der Waals surface area contributed by atoms with Gasteiger partial charge in [0, 0.05) is 31.6 Å². The van der Waals surface area contributed by atoms with E-state index in [1.807, 2.05) is 0 Å². The van der Waals surface area contributed by atoms with Gasteiger partial charge in [-0.1, -0.05) is 20.8 Å². The first-order valence-electron chi connectivity index (χ1n) is 6.09. The van der Waals surface area contributed by atoms with E-state index in [0.717, 1.165) is 19.6 Å². The molecule has 1 rings (SSSR count). The van der Waals surface area contributed by atoms with Crippen LogP contribution in [0.4, 0.5) is 0 Å². The summed E-state index contributed by atoms with van der Waals surface area (Å²) in [5.41, 5.74) is 1.29. The maximum Gasteiger partial charge on any atom is 0.0473 e. The van der Waals surface area contributed by atoms with Gasteiger partial charge in [0.05, 0.1) is 0 Å². The van der Waals surface area contributed by atoms with Crippen molar-refractivity contribution >= 4 is 0 Å². The van der Waals surface area contributed by atoms with Crippen molar-refractivity contribution in [3.8, 4) is 0 Å². The molecule has 0 bridgehead atoms. The van der Waals surface area contributed by atoms with E-state index in [1.54, 1.807) is 0 Å². The quantitative estimate of drug-likeness (QED) is 0.742. The molecule has 92 valence electrons. The SMILES string of the molecule is CC(C)CNCc1cccn1CC(C)CO. The third-order valence-electron chi connectivity index (χ3n) is 2.60. The van der Waals surface area contributed by atoms with Gasteiger partial charge in [-0.25, -0.2) is 0 Å². The molecular formula is C13H24N2O. The van der Waals surface area contributed by atoms with Crippen LogP contribution in [0.25, 0.3) is 0 Å². The van der Waals surface area contributed by atoms with Crippen molar-refractivity contribution in [2.45, 2.75) is 33.9 Å². The average molecular weight is 224 g/mol. The van der Waals surface area contributed by atoms with Crippen LogP contribution in [0.5, 0.6) is 0 Å². The first-order chi connectivity index (χ1) is 7.63. The van der Waals surface area contributed by atoms with Gasteiger partial charge in [-0.05, 0) is 30.5 Å². The van der Waals surface area contributed by atoms with Crippen LogP contribution in [0.15, 0.2) is 18.3 Å². The van der Waals surface area contributed by atoms with Gasteiger partial charge in [-0.15, -0.1) is 0 Å². The second-order valence-electron chi connectivity index (χ2n) is 4.96. The number of aliphatic hydroxyl groups is 1. The summed E-state index contributed by atoms with van der Waals surface area (Å²) < 4.78 is 2.22. The number of nitrogens with one attached hydrogen (secondary N) is 1. The van der Waals surface area contributed by atoms with Crippen molar-refractivity contribution in [3.05, 3.63) is 24.0 Å². The molecule has 0 radical (unpaired) electrons. The minimum absolute atomic E-state index is 0.247. The molecule has 0 aromatic carbocycles. The van der Waals surface area contributed by atoms with Gasteiger partial charge in [0.2, 0.25) is 0 Å². The molecule has 0 saturated heterocycles. The summed E-state index contributed by atoms with van der Waals surface area (Å²) in [6, 6.07) is 4.20. The lowest BCUT2D eigenvalue weighted by Gasteiger charge is -2.14. The van der Waals surface area contributed by atoms with Gasteiger partial charge in [0.1, 0.15) is 0 Å².